The molecule has 0 amide bonds. The SMILES string of the molecule is O=C(O)c1nnn(CCc2ccccc2)c1-c1cccc(Cl)c1. The third-order valence-corrected chi connectivity index (χ3v) is 3.73. The highest BCUT2D eigenvalue weighted by Gasteiger charge is 2.20. The minimum atomic E-state index is -1.11. The summed E-state index contributed by atoms with van der Waals surface area (Å²) in [4.78, 5) is 11.4. The van der Waals surface area contributed by atoms with Crippen LogP contribution in [0, 0.1) is 0 Å². The molecule has 23 heavy (non-hydrogen) atoms. The van der Waals surface area contributed by atoms with Crippen molar-refractivity contribution in [1.29, 1.82) is 0 Å². The summed E-state index contributed by atoms with van der Waals surface area (Å²) in [6.45, 7) is 0.534. The van der Waals surface area contributed by atoms with Gasteiger partial charge in [-0.2, -0.15) is 0 Å². The average molecular weight is 328 g/mol. The van der Waals surface area contributed by atoms with Crippen LogP contribution in [0.4, 0.5) is 0 Å². The smallest absolute Gasteiger partial charge is 0.358 e. The molecule has 0 unspecified atom stereocenters. The van der Waals surface area contributed by atoms with Gasteiger partial charge in [0, 0.05) is 17.1 Å². The molecule has 0 fully saturated rings. The molecular formula is C17H14ClN3O2. The van der Waals surface area contributed by atoms with Crippen LogP contribution in [0.3, 0.4) is 0 Å². The standard InChI is InChI=1S/C17H14ClN3O2/c18-14-8-4-7-13(11-14)16-15(17(22)23)19-20-21(16)10-9-12-5-2-1-3-6-12/h1-8,11H,9-10H2,(H,22,23). The second kappa shape index (κ2) is 6.62. The maximum atomic E-state index is 11.4. The second-order valence-electron chi connectivity index (χ2n) is 5.06. The van der Waals surface area contributed by atoms with E-state index >= 15 is 0 Å². The summed E-state index contributed by atoms with van der Waals surface area (Å²) < 4.78 is 1.61. The summed E-state index contributed by atoms with van der Waals surface area (Å²) in [5.74, 6) is -1.11. The molecule has 5 nitrogen and oxygen atoms in total. The Hall–Kier alpha value is -2.66. The molecule has 3 aromatic rings. The van der Waals surface area contributed by atoms with Gasteiger partial charge in [-0.1, -0.05) is 59.3 Å². The molecule has 0 radical (unpaired) electrons. The Balaban J connectivity index is 1.96. The summed E-state index contributed by atoms with van der Waals surface area (Å²) in [5, 5.41) is 17.7. The Morgan fingerprint density at radius 2 is 1.91 bits per heavy atom. The van der Waals surface area contributed by atoms with Crippen molar-refractivity contribution in [3.05, 3.63) is 70.9 Å². The lowest BCUT2D eigenvalue weighted by Crippen LogP contribution is -2.07. The molecule has 1 heterocycles. The lowest BCUT2D eigenvalue weighted by molar-refractivity contribution is 0.0691. The van der Waals surface area contributed by atoms with E-state index in [1.165, 1.54) is 0 Å². The fourth-order valence-corrected chi connectivity index (χ4v) is 2.61. The van der Waals surface area contributed by atoms with E-state index in [2.05, 4.69) is 10.3 Å². The van der Waals surface area contributed by atoms with Crippen LogP contribution in [0.5, 0.6) is 0 Å². The minimum absolute atomic E-state index is 0.0691. The van der Waals surface area contributed by atoms with Crippen molar-refractivity contribution >= 4 is 17.6 Å². The van der Waals surface area contributed by atoms with Gasteiger partial charge in [0.25, 0.3) is 0 Å². The molecule has 0 aliphatic heterocycles. The highest BCUT2D eigenvalue weighted by atomic mass is 35.5. The van der Waals surface area contributed by atoms with E-state index in [0.717, 1.165) is 12.0 Å². The number of halogens is 1. The van der Waals surface area contributed by atoms with Crippen LogP contribution in [-0.2, 0) is 13.0 Å². The molecule has 0 aliphatic rings. The Bertz CT molecular complexity index is 831. The van der Waals surface area contributed by atoms with Crippen LogP contribution < -0.4 is 0 Å². The van der Waals surface area contributed by atoms with Gasteiger partial charge < -0.3 is 5.11 Å². The summed E-state index contributed by atoms with van der Waals surface area (Å²) in [5.41, 5.74) is 2.24. The quantitative estimate of drug-likeness (QED) is 0.778. The predicted molar refractivity (Wildman–Crippen MR) is 87.6 cm³/mol. The molecular weight excluding hydrogens is 314 g/mol. The predicted octanol–water partition coefficient (Wildman–Crippen LogP) is 3.54. The lowest BCUT2D eigenvalue weighted by Gasteiger charge is -2.08. The van der Waals surface area contributed by atoms with Gasteiger partial charge in [-0.25, -0.2) is 9.48 Å². The first-order chi connectivity index (χ1) is 11.1. The van der Waals surface area contributed by atoms with Crippen molar-refractivity contribution < 1.29 is 9.90 Å². The van der Waals surface area contributed by atoms with Gasteiger partial charge in [-0.15, -0.1) is 5.10 Å². The minimum Gasteiger partial charge on any atom is -0.476 e. The van der Waals surface area contributed by atoms with Gasteiger partial charge in [0.2, 0.25) is 0 Å². The largest absolute Gasteiger partial charge is 0.476 e. The van der Waals surface area contributed by atoms with Crippen molar-refractivity contribution in [2.75, 3.05) is 0 Å². The molecule has 0 saturated carbocycles. The Kier molecular flexibility index (Phi) is 4.39. The fraction of sp³-hybridized carbons (Fsp3) is 0.118. The van der Waals surface area contributed by atoms with E-state index < -0.39 is 5.97 Å². The van der Waals surface area contributed by atoms with E-state index in [-0.39, 0.29) is 5.69 Å². The van der Waals surface area contributed by atoms with Crippen LogP contribution in [0.15, 0.2) is 54.6 Å². The molecule has 0 bridgehead atoms. The number of benzene rings is 2. The monoisotopic (exact) mass is 327 g/mol. The van der Waals surface area contributed by atoms with E-state index in [1.807, 2.05) is 30.3 Å². The number of aromatic nitrogens is 3. The van der Waals surface area contributed by atoms with Gasteiger partial charge in [0.15, 0.2) is 5.69 Å². The molecule has 0 aliphatic carbocycles. The van der Waals surface area contributed by atoms with Crippen LogP contribution in [0.25, 0.3) is 11.3 Å². The lowest BCUT2D eigenvalue weighted by atomic mass is 10.1. The van der Waals surface area contributed by atoms with Crippen molar-refractivity contribution in [2.24, 2.45) is 0 Å². The third-order valence-electron chi connectivity index (χ3n) is 3.49. The third kappa shape index (κ3) is 3.40. The Labute approximate surface area is 138 Å². The van der Waals surface area contributed by atoms with Crippen molar-refractivity contribution in [3.8, 4) is 11.3 Å². The summed E-state index contributed by atoms with van der Waals surface area (Å²) in [7, 11) is 0. The van der Waals surface area contributed by atoms with E-state index in [0.29, 0.717) is 22.8 Å². The van der Waals surface area contributed by atoms with Gasteiger partial charge in [-0.05, 0) is 24.1 Å². The Morgan fingerprint density at radius 3 is 2.61 bits per heavy atom. The number of aryl methyl sites for hydroxylation is 2. The van der Waals surface area contributed by atoms with Gasteiger partial charge in [-0.3, -0.25) is 0 Å². The van der Waals surface area contributed by atoms with E-state index in [4.69, 9.17) is 11.6 Å². The molecule has 3 rings (SSSR count). The zero-order valence-corrected chi connectivity index (χ0v) is 12.9. The first kappa shape index (κ1) is 15.2. The number of carbonyl (C=O) groups is 1. The molecule has 0 saturated heterocycles. The number of aromatic carboxylic acids is 1. The van der Waals surface area contributed by atoms with E-state index in [9.17, 15) is 9.90 Å². The highest BCUT2D eigenvalue weighted by molar-refractivity contribution is 6.30. The summed E-state index contributed by atoms with van der Waals surface area (Å²) in [6.07, 6.45) is 0.733. The highest BCUT2D eigenvalue weighted by Crippen LogP contribution is 2.25. The first-order valence-corrected chi connectivity index (χ1v) is 7.49. The molecule has 2 aromatic carbocycles. The first-order valence-electron chi connectivity index (χ1n) is 7.12. The number of nitrogens with zero attached hydrogens (tertiary/aromatic N) is 3. The summed E-state index contributed by atoms with van der Waals surface area (Å²) >= 11 is 6.02. The van der Waals surface area contributed by atoms with Gasteiger partial charge in [0.05, 0.1) is 0 Å². The van der Waals surface area contributed by atoms with Crippen molar-refractivity contribution in [1.82, 2.24) is 15.0 Å². The van der Waals surface area contributed by atoms with E-state index in [1.54, 1.807) is 28.9 Å². The molecule has 6 heteroatoms. The summed E-state index contributed by atoms with van der Waals surface area (Å²) in [6, 6.07) is 17.0. The van der Waals surface area contributed by atoms with Gasteiger partial charge >= 0.3 is 5.97 Å². The van der Waals surface area contributed by atoms with Gasteiger partial charge in [0.1, 0.15) is 5.69 Å². The number of carboxylic acids is 1. The average Bonchev–Trinajstić information content (AvgIpc) is 2.98. The zero-order valence-electron chi connectivity index (χ0n) is 12.2. The topological polar surface area (TPSA) is 68.0 Å². The van der Waals surface area contributed by atoms with Crippen LogP contribution in [0.1, 0.15) is 16.1 Å². The second-order valence-corrected chi connectivity index (χ2v) is 5.50. The zero-order chi connectivity index (χ0) is 16.2. The number of carboxylic acid groups (broad SMARTS) is 1. The fourth-order valence-electron chi connectivity index (χ4n) is 2.41. The molecule has 1 aromatic heterocycles. The van der Waals surface area contributed by atoms with Crippen molar-refractivity contribution in [3.63, 3.8) is 0 Å². The van der Waals surface area contributed by atoms with Crippen LogP contribution in [0.2, 0.25) is 5.02 Å². The molecule has 1 N–H and O–H groups in total. The number of hydrogen-bond acceptors (Lipinski definition) is 3. The molecule has 116 valence electrons. The van der Waals surface area contributed by atoms with Crippen LogP contribution >= 0.6 is 11.6 Å². The number of rotatable bonds is 5. The maximum Gasteiger partial charge on any atom is 0.358 e. The Morgan fingerprint density at radius 1 is 1.13 bits per heavy atom. The molecule has 0 spiro atoms. The maximum absolute atomic E-state index is 11.4. The number of hydrogen-bond donors (Lipinski definition) is 1. The molecule has 0 atom stereocenters. The normalized spacial score (nSPS) is 10.7. The van der Waals surface area contributed by atoms with Crippen LogP contribution in [-0.4, -0.2) is 26.1 Å². The van der Waals surface area contributed by atoms with Crippen molar-refractivity contribution in [2.45, 2.75) is 13.0 Å².